The minimum absolute atomic E-state index is 0.0201. The second kappa shape index (κ2) is 7.59. The number of carbonyl (C=O) groups excluding carboxylic acids is 1. The number of nitrogens with one attached hydrogen (secondary N) is 1. The van der Waals surface area contributed by atoms with Crippen molar-refractivity contribution in [1.82, 2.24) is 20.0 Å². The fourth-order valence-corrected chi connectivity index (χ4v) is 3.01. The van der Waals surface area contributed by atoms with Crippen LogP contribution in [0.2, 0.25) is 0 Å². The number of rotatable bonds is 6. The van der Waals surface area contributed by atoms with Gasteiger partial charge >= 0.3 is 0 Å². The van der Waals surface area contributed by atoms with Crippen molar-refractivity contribution in [3.05, 3.63) is 18.0 Å². The number of hydrogen-bond acceptors (Lipinski definition) is 3. The van der Waals surface area contributed by atoms with Gasteiger partial charge in [0.25, 0.3) is 5.91 Å². The van der Waals surface area contributed by atoms with E-state index in [9.17, 15) is 4.79 Å². The Balaban J connectivity index is 2.03. The minimum Gasteiger partial charge on any atom is -0.348 e. The molecule has 0 aliphatic carbocycles. The van der Waals surface area contributed by atoms with Crippen molar-refractivity contribution in [2.45, 2.75) is 58.0 Å². The fourth-order valence-electron chi connectivity index (χ4n) is 3.01. The van der Waals surface area contributed by atoms with Crippen LogP contribution >= 0.6 is 0 Å². The summed E-state index contributed by atoms with van der Waals surface area (Å²) in [5.74, 6) is 0.0201. The molecule has 1 amide bonds. The lowest BCUT2D eigenvalue weighted by Crippen LogP contribution is -2.37. The lowest BCUT2D eigenvalue weighted by molar-refractivity contribution is 0.0915. The first kappa shape index (κ1) is 16.0. The third-order valence-corrected chi connectivity index (χ3v) is 4.40. The Bertz CT molecular complexity index is 449. The summed E-state index contributed by atoms with van der Waals surface area (Å²) in [6.45, 7) is 6.41. The average Bonchev–Trinajstić information content (AvgIpc) is 2.97. The zero-order chi connectivity index (χ0) is 15.2. The summed E-state index contributed by atoms with van der Waals surface area (Å²) < 4.78 is 1.93. The third kappa shape index (κ3) is 4.06. The van der Waals surface area contributed by atoms with Crippen molar-refractivity contribution in [1.29, 1.82) is 0 Å². The SMILES string of the molecule is CCCC(CC)NC(=O)c1ccnn1C1CCN(C)CC1. The van der Waals surface area contributed by atoms with Gasteiger partial charge in [-0.25, -0.2) is 0 Å². The largest absolute Gasteiger partial charge is 0.348 e. The van der Waals surface area contributed by atoms with Gasteiger partial charge in [0.2, 0.25) is 0 Å². The summed E-state index contributed by atoms with van der Waals surface area (Å²) in [5, 5.41) is 7.55. The summed E-state index contributed by atoms with van der Waals surface area (Å²) in [7, 11) is 2.14. The Kier molecular flexibility index (Phi) is 5.79. The topological polar surface area (TPSA) is 50.2 Å². The molecule has 2 heterocycles. The van der Waals surface area contributed by atoms with Gasteiger partial charge in [-0.2, -0.15) is 5.10 Å². The summed E-state index contributed by atoms with van der Waals surface area (Å²) in [6.07, 6.45) is 6.96. The molecule has 1 fully saturated rings. The lowest BCUT2D eigenvalue weighted by atomic mass is 10.1. The van der Waals surface area contributed by atoms with Crippen molar-refractivity contribution in [2.24, 2.45) is 0 Å². The van der Waals surface area contributed by atoms with E-state index in [4.69, 9.17) is 0 Å². The Hall–Kier alpha value is -1.36. The van der Waals surface area contributed by atoms with E-state index in [1.807, 2.05) is 10.7 Å². The van der Waals surface area contributed by atoms with Crippen LogP contribution in [-0.4, -0.2) is 46.8 Å². The van der Waals surface area contributed by atoms with Crippen LogP contribution in [0.5, 0.6) is 0 Å². The van der Waals surface area contributed by atoms with Crippen LogP contribution in [0.25, 0.3) is 0 Å². The molecule has 0 radical (unpaired) electrons. The summed E-state index contributed by atoms with van der Waals surface area (Å²) in [5.41, 5.74) is 0.708. The number of piperidine rings is 1. The molecular weight excluding hydrogens is 264 g/mol. The molecule has 1 N–H and O–H groups in total. The molecule has 2 rings (SSSR count). The van der Waals surface area contributed by atoms with Gasteiger partial charge in [-0.15, -0.1) is 0 Å². The van der Waals surface area contributed by atoms with E-state index < -0.39 is 0 Å². The summed E-state index contributed by atoms with van der Waals surface area (Å²) in [6, 6.07) is 2.46. The van der Waals surface area contributed by atoms with Crippen LogP contribution in [0.1, 0.15) is 62.5 Å². The van der Waals surface area contributed by atoms with E-state index in [1.54, 1.807) is 6.20 Å². The first-order valence-corrected chi connectivity index (χ1v) is 8.18. The van der Waals surface area contributed by atoms with Crippen LogP contribution in [0.3, 0.4) is 0 Å². The predicted octanol–water partition coefficient (Wildman–Crippen LogP) is 2.46. The molecule has 0 spiro atoms. The van der Waals surface area contributed by atoms with E-state index in [0.29, 0.717) is 11.7 Å². The van der Waals surface area contributed by atoms with Crippen LogP contribution in [0.4, 0.5) is 0 Å². The smallest absolute Gasteiger partial charge is 0.269 e. The van der Waals surface area contributed by atoms with E-state index in [0.717, 1.165) is 45.2 Å². The van der Waals surface area contributed by atoms with Crippen LogP contribution in [0.15, 0.2) is 12.3 Å². The molecule has 1 aliphatic heterocycles. The normalized spacial score (nSPS) is 18.6. The predicted molar refractivity (Wildman–Crippen MR) is 84.4 cm³/mol. The molecule has 1 saturated heterocycles. The Labute approximate surface area is 127 Å². The van der Waals surface area contributed by atoms with Crippen molar-refractivity contribution < 1.29 is 4.79 Å². The Morgan fingerprint density at radius 3 is 2.76 bits per heavy atom. The molecule has 0 aromatic carbocycles. The molecular formula is C16H28N4O. The highest BCUT2D eigenvalue weighted by Gasteiger charge is 2.23. The average molecular weight is 292 g/mol. The van der Waals surface area contributed by atoms with Gasteiger partial charge in [0.1, 0.15) is 5.69 Å². The maximum atomic E-state index is 12.5. The van der Waals surface area contributed by atoms with Crippen molar-refractivity contribution in [2.75, 3.05) is 20.1 Å². The zero-order valence-corrected chi connectivity index (χ0v) is 13.5. The Morgan fingerprint density at radius 1 is 1.43 bits per heavy atom. The first-order valence-electron chi connectivity index (χ1n) is 8.18. The van der Waals surface area contributed by atoms with Crippen LogP contribution in [0, 0.1) is 0 Å². The van der Waals surface area contributed by atoms with E-state index in [1.165, 1.54) is 0 Å². The van der Waals surface area contributed by atoms with Crippen molar-refractivity contribution in [3.8, 4) is 0 Å². The van der Waals surface area contributed by atoms with Crippen molar-refractivity contribution in [3.63, 3.8) is 0 Å². The molecule has 21 heavy (non-hydrogen) atoms. The molecule has 5 heteroatoms. The minimum atomic E-state index is 0.0201. The van der Waals surface area contributed by atoms with Gasteiger partial charge in [0, 0.05) is 12.2 Å². The van der Waals surface area contributed by atoms with E-state index in [2.05, 4.69) is 36.2 Å². The fraction of sp³-hybridized carbons (Fsp3) is 0.750. The molecule has 1 unspecified atom stereocenters. The summed E-state index contributed by atoms with van der Waals surface area (Å²) >= 11 is 0. The van der Waals surface area contributed by atoms with Gasteiger partial charge in [0.05, 0.1) is 6.04 Å². The molecule has 118 valence electrons. The van der Waals surface area contributed by atoms with Crippen LogP contribution < -0.4 is 5.32 Å². The highest BCUT2D eigenvalue weighted by molar-refractivity contribution is 5.92. The highest BCUT2D eigenvalue weighted by atomic mass is 16.2. The van der Waals surface area contributed by atoms with Gasteiger partial charge in [-0.05, 0) is 51.9 Å². The molecule has 5 nitrogen and oxygen atoms in total. The number of amides is 1. The first-order chi connectivity index (χ1) is 10.2. The van der Waals surface area contributed by atoms with Gasteiger partial charge in [-0.1, -0.05) is 20.3 Å². The molecule has 1 aromatic heterocycles. The molecule has 0 saturated carbocycles. The molecule has 0 bridgehead atoms. The molecule has 1 aliphatic rings. The number of likely N-dealkylation sites (tertiary alicyclic amines) is 1. The van der Waals surface area contributed by atoms with Gasteiger partial charge in [-0.3, -0.25) is 9.48 Å². The van der Waals surface area contributed by atoms with E-state index in [-0.39, 0.29) is 11.9 Å². The number of carbonyl (C=O) groups is 1. The highest BCUT2D eigenvalue weighted by Crippen LogP contribution is 2.22. The van der Waals surface area contributed by atoms with E-state index >= 15 is 0 Å². The maximum Gasteiger partial charge on any atom is 0.269 e. The maximum absolute atomic E-state index is 12.5. The van der Waals surface area contributed by atoms with Gasteiger partial charge < -0.3 is 10.2 Å². The molecule has 1 atom stereocenters. The standard InChI is InChI=1S/C16H28N4O/c1-4-6-13(5-2)18-16(21)15-7-10-17-20(15)14-8-11-19(3)12-9-14/h7,10,13-14H,4-6,8-9,11-12H2,1-3H3,(H,18,21). The third-order valence-electron chi connectivity index (χ3n) is 4.40. The van der Waals surface area contributed by atoms with Gasteiger partial charge in [0.15, 0.2) is 0 Å². The number of hydrogen-bond donors (Lipinski definition) is 1. The zero-order valence-electron chi connectivity index (χ0n) is 13.5. The molecule has 1 aromatic rings. The number of nitrogens with zero attached hydrogens (tertiary/aromatic N) is 3. The second-order valence-corrected chi connectivity index (χ2v) is 6.06. The Morgan fingerprint density at radius 2 is 2.14 bits per heavy atom. The number of aromatic nitrogens is 2. The van der Waals surface area contributed by atoms with Crippen LogP contribution in [-0.2, 0) is 0 Å². The second-order valence-electron chi connectivity index (χ2n) is 6.06. The monoisotopic (exact) mass is 292 g/mol. The quantitative estimate of drug-likeness (QED) is 0.876. The summed E-state index contributed by atoms with van der Waals surface area (Å²) in [4.78, 5) is 14.8. The lowest BCUT2D eigenvalue weighted by Gasteiger charge is -2.30. The van der Waals surface area contributed by atoms with Crippen molar-refractivity contribution >= 4 is 5.91 Å².